The molecule has 2 aromatic rings. The molecule has 3 N–H and O–H groups in total. The van der Waals surface area contributed by atoms with Crippen LogP contribution in [0, 0.1) is 11.8 Å². The first-order valence-electron chi connectivity index (χ1n) is 6.96. The molecule has 2 aromatic heterocycles. The number of hydrogen-bond donors (Lipinski definition) is 2. The number of carbonyl (C=O) groups excluding carboxylic acids is 1. The van der Waals surface area contributed by atoms with Gasteiger partial charge in [-0.25, -0.2) is 9.67 Å². The molecule has 0 aromatic carbocycles. The van der Waals surface area contributed by atoms with Crippen molar-refractivity contribution in [2.24, 2.45) is 0 Å². The fourth-order valence-electron chi connectivity index (χ4n) is 2.01. The van der Waals surface area contributed by atoms with Crippen LogP contribution in [0.1, 0.15) is 37.0 Å². The number of carbonyl (C=O) groups is 1. The normalized spacial score (nSPS) is 10.2. The Morgan fingerprint density at radius 3 is 3.00 bits per heavy atom. The van der Waals surface area contributed by atoms with E-state index in [4.69, 9.17) is 5.73 Å². The van der Waals surface area contributed by atoms with Crippen molar-refractivity contribution in [3.8, 4) is 11.8 Å². The number of pyridine rings is 1. The molecule has 6 heteroatoms. The predicted molar refractivity (Wildman–Crippen MR) is 82.6 cm³/mol. The number of fused-ring (bicyclic) bond motifs is 1. The van der Waals surface area contributed by atoms with Gasteiger partial charge in [0, 0.05) is 19.2 Å². The number of nitrogens with one attached hydrogen (secondary N) is 1. The van der Waals surface area contributed by atoms with Crippen LogP contribution < -0.4 is 11.1 Å². The summed E-state index contributed by atoms with van der Waals surface area (Å²) in [5.74, 6) is 5.63. The highest BCUT2D eigenvalue weighted by atomic mass is 16.1. The van der Waals surface area contributed by atoms with E-state index >= 15 is 0 Å². The van der Waals surface area contributed by atoms with Crippen LogP contribution in [-0.4, -0.2) is 27.2 Å². The maximum absolute atomic E-state index is 12.0. The maximum atomic E-state index is 12.0. The first-order chi connectivity index (χ1) is 10.2. The van der Waals surface area contributed by atoms with Gasteiger partial charge in [-0.2, -0.15) is 5.10 Å². The summed E-state index contributed by atoms with van der Waals surface area (Å²) < 4.78 is 1.75. The average Bonchev–Trinajstić information content (AvgIpc) is 2.90. The van der Waals surface area contributed by atoms with Gasteiger partial charge in [0.25, 0.3) is 5.91 Å². The summed E-state index contributed by atoms with van der Waals surface area (Å²) in [5, 5.41) is 7.76. The highest BCUT2D eigenvalue weighted by Crippen LogP contribution is 2.22. The lowest BCUT2D eigenvalue weighted by Crippen LogP contribution is -2.25. The van der Waals surface area contributed by atoms with Crippen molar-refractivity contribution in [1.82, 2.24) is 20.1 Å². The van der Waals surface area contributed by atoms with Crippen LogP contribution in [0.3, 0.4) is 0 Å². The Labute approximate surface area is 123 Å². The Kier molecular flexibility index (Phi) is 4.77. The molecule has 0 unspecified atom stereocenters. The van der Waals surface area contributed by atoms with Crippen molar-refractivity contribution in [1.29, 1.82) is 0 Å². The molecule has 0 aliphatic carbocycles. The SMILES string of the molecule is CC#CCCn1ncc2c(N)c(C(=O)NCCC)cnc21. The molecule has 110 valence electrons. The zero-order chi connectivity index (χ0) is 15.2. The van der Waals surface area contributed by atoms with Crippen molar-refractivity contribution in [2.75, 3.05) is 12.3 Å². The minimum atomic E-state index is -0.201. The molecule has 0 bridgehead atoms. The largest absolute Gasteiger partial charge is 0.397 e. The van der Waals surface area contributed by atoms with Gasteiger partial charge in [0.15, 0.2) is 5.65 Å². The van der Waals surface area contributed by atoms with Gasteiger partial charge in [0.1, 0.15) is 0 Å². The molecule has 0 saturated heterocycles. The summed E-state index contributed by atoms with van der Waals surface area (Å²) in [6, 6.07) is 0. The summed E-state index contributed by atoms with van der Waals surface area (Å²) in [7, 11) is 0. The summed E-state index contributed by atoms with van der Waals surface area (Å²) in [6.45, 7) is 5.07. The van der Waals surface area contributed by atoms with Gasteiger partial charge in [-0.15, -0.1) is 11.8 Å². The Hall–Kier alpha value is -2.55. The second-order valence-corrected chi connectivity index (χ2v) is 4.62. The second-order valence-electron chi connectivity index (χ2n) is 4.62. The summed E-state index contributed by atoms with van der Waals surface area (Å²) in [4.78, 5) is 16.3. The summed E-state index contributed by atoms with van der Waals surface area (Å²) in [5.41, 5.74) is 7.57. The van der Waals surface area contributed by atoms with E-state index in [1.807, 2.05) is 6.92 Å². The van der Waals surface area contributed by atoms with E-state index in [1.165, 1.54) is 6.20 Å². The number of aromatic nitrogens is 3. The van der Waals surface area contributed by atoms with Crippen LogP contribution in [0.25, 0.3) is 11.0 Å². The molecule has 0 spiro atoms. The fourth-order valence-corrected chi connectivity index (χ4v) is 2.01. The average molecular weight is 285 g/mol. The van der Waals surface area contributed by atoms with Crippen molar-refractivity contribution in [3.05, 3.63) is 18.0 Å². The van der Waals surface area contributed by atoms with E-state index in [9.17, 15) is 4.79 Å². The smallest absolute Gasteiger partial charge is 0.254 e. The predicted octanol–water partition coefficient (Wildman–Crippen LogP) is 1.57. The van der Waals surface area contributed by atoms with E-state index in [0.717, 1.165) is 6.42 Å². The number of nitrogen functional groups attached to an aromatic ring is 1. The molecule has 2 heterocycles. The Balaban J connectivity index is 2.30. The Morgan fingerprint density at radius 2 is 2.29 bits per heavy atom. The van der Waals surface area contributed by atoms with Gasteiger partial charge in [-0.05, 0) is 13.3 Å². The fraction of sp³-hybridized carbons (Fsp3) is 0.400. The molecule has 0 aliphatic heterocycles. The molecular formula is C15H19N5O. The molecule has 0 saturated carbocycles. The van der Waals surface area contributed by atoms with Gasteiger partial charge in [0.05, 0.1) is 29.4 Å². The molecule has 21 heavy (non-hydrogen) atoms. The number of hydrogen-bond acceptors (Lipinski definition) is 4. The molecular weight excluding hydrogens is 266 g/mol. The van der Waals surface area contributed by atoms with Crippen LogP contribution in [0.15, 0.2) is 12.4 Å². The minimum Gasteiger partial charge on any atom is -0.397 e. The van der Waals surface area contributed by atoms with E-state index in [1.54, 1.807) is 17.8 Å². The Bertz CT molecular complexity index is 708. The number of aryl methyl sites for hydroxylation is 1. The number of nitrogens with two attached hydrogens (primary N) is 1. The van der Waals surface area contributed by atoms with Crippen molar-refractivity contribution >= 4 is 22.6 Å². The van der Waals surface area contributed by atoms with Crippen molar-refractivity contribution in [3.63, 3.8) is 0 Å². The third-order valence-corrected chi connectivity index (χ3v) is 3.11. The molecule has 2 rings (SSSR count). The first kappa shape index (κ1) is 14.9. The van der Waals surface area contributed by atoms with Gasteiger partial charge in [-0.3, -0.25) is 4.79 Å². The van der Waals surface area contributed by atoms with Crippen LogP contribution in [0.4, 0.5) is 5.69 Å². The zero-order valence-electron chi connectivity index (χ0n) is 12.3. The van der Waals surface area contributed by atoms with Gasteiger partial charge >= 0.3 is 0 Å². The lowest BCUT2D eigenvalue weighted by Gasteiger charge is -2.07. The molecule has 0 radical (unpaired) electrons. The van der Waals surface area contributed by atoms with Crippen molar-refractivity contribution in [2.45, 2.75) is 33.2 Å². The molecule has 0 fully saturated rings. The third kappa shape index (κ3) is 3.14. The maximum Gasteiger partial charge on any atom is 0.254 e. The quantitative estimate of drug-likeness (QED) is 0.816. The van der Waals surface area contributed by atoms with Gasteiger partial charge < -0.3 is 11.1 Å². The first-order valence-corrected chi connectivity index (χ1v) is 6.96. The lowest BCUT2D eigenvalue weighted by atomic mass is 10.2. The molecule has 0 atom stereocenters. The van der Waals surface area contributed by atoms with Crippen LogP contribution in [-0.2, 0) is 6.54 Å². The molecule has 0 aliphatic rings. The summed E-state index contributed by atoms with van der Waals surface area (Å²) in [6.07, 6.45) is 4.73. The van der Waals surface area contributed by atoms with E-state index in [-0.39, 0.29) is 5.91 Å². The number of rotatable bonds is 5. The highest BCUT2D eigenvalue weighted by Gasteiger charge is 2.15. The van der Waals surface area contributed by atoms with E-state index in [0.29, 0.717) is 41.8 Å². The van der Waals surface area contributed by atoms with Crippen LogP contribution in [0.2, 0.25) is 0 Å². The lowest BCUT2D eigenvalue weighted by molar-refractivity contribution is 0.0954. The summed E-state index contributed by atoms with van der Waals surface area (Å²) >= 11 is 0. The van der Waals surface area contributed by atoms with Gasteiger partial charge in [0.2, 0.25) is 0 Å². The molecule has 6 nitrogen and oxygen atoms in total. The monoisotopic (exact) mass is 285 g/mol. The zero-order valence-corrected chi connectivity index (χ0v) is 12.3. The Morgan fingerprint density at radius 1 is 1.48 bits per heavy atom. The standard InChI is InChI=1S/C15H19N5O/c1-3-5-6-8-20-14-11(10-19-20)13(16)12(9-18-14)15(21)17-7-4-2/h9-10H,4,6-8H2,1-2H3,(H2,16,18)(H,17,21). The third-order valence-electron chi connectivity index (χ3n) is 3.11. The number of nitrogens with zero attached hydrogens (tertiary/aromatic N) is 3. The molecule has 1 amide bonds. The van der Waals surface area contributed by atoms with E-state index in [2.05, 4.69) is 27.2 Å². The van der Waals surface area contributed by atoms with Gasteiger partial charge in [-0.1, -0.05) is 6.92 Å². The topological polar surface area (TPSA) is 85.8 Å². The minimum absolute atomic E-state index is 0.201. The highest BCUT2D eigenvalue weighted by molar-refractivity contribution is 6.05. The van der Waals surface area contributed by atoms with E-state index < -0.39 is 0 Å². The second kappa shape index (κ2) is 6.75. The number of amides is 1. The van der Waals surface area contributed by atoms with Crippen LogP contribution >= 0.6 is 0 Å². The number of anilines is 1. The van der Waals surface area contributed by atoms with Crippen LogP contribution in [0.5, 0.6) is 0 Å². The van der Waals surface area contributed by atoms with Crippen molar-refractivity contribution < 1.29 is 4.79 Å².